The maximum absolute atomic E-state index is 12.2. The minimum absolute atomic E-state index is 0.307. The van der Waals surface area contributed by atoms with Gasteiger partial charge in [-0.15, -0.1) is 0 Å². The second-order valence-corrected chi connectivity index (χ2v) is 5.52. The Morgan fingerprint density at radius 3 is 2.12 bits per heavy atom. The van der Waals surface area contributed by atoms with Gasteiger partial charge in [-0.1, -0.05) is 25.0 Å². The number of carbonyl (C=O) groups is 1. The van der Waals surface area contributed by atoms with Gasteiger partial charge < -0.3 is 0 Å². The smallest absolute Gasteiger partial charge is 0.156 e. The van der Waals surface area contributed by atoms with Crippen molar-refractivity contribution in [2.75, 3.05) is 13.1 Å². The molecule has 1 rings (SSSR count). The van der Waals surface area contributed by atoms with Gasteiger partial charge in [0.15, 0.2) is 5.78 Å². The van der Waals surface area contributed by atoms with Gasteiger partial charge in [0.25, 0.3) is 0 Å². The van der Waals surface area contributed by atoms with E-state index < -0.39 is 0 Å². The standard InChI is InChI=1S/C14H25NO/c1-12(2)11-13(16)14(3,4)15-9-7-5-6-8-10-15/h1,5-11H2,2-4H3. The molecule has 0 aromatic carbocycles. The van der Waals surface area contributed by atoms with Gasteiger partial charge in [0, 0.05) is 6.42 Å². The molecule has 0 saturated carbocycles. The SMILES string of the molecule is C=C(C)CC(=O)C(C)(C)N1CCCCCC1. The zero-order chi connectivity index (χ0) is 12.2. The molecule has 1 aliphatic rings. The van der Waals surface area contributed by atoms with Crippen LogP contribution in [0.3, 0.4) is 0 Å². The number of hydrogen-bond donors (Lipinski definition) is 0. The number of ketones is 1. The van der Waals surface area contributed by atoms with E-state index in [1.165, 1.54) is 25.7 Å². The van der Waals surface area contributed by atoms with Crippen LogP contribution in [0.4, 0.5) is 0 Å². The number of allylic oxidation sites excluding steroid dienone is 1. The van der Waals surface area contributed by atoms with Crippen molar-refractivity contribution >= 4 is 5.78 Å². The summed E-state index contributed by atoms with van der Waals surface area (Å²) in [6.45, 7) is 12.0. The number of carbonyl (C=O) groups excluding carboxylic acids is 1. The zero-order valence-electron chi connectivity index (χ0n) is 11.0. The first kappa shape index (κ1) is 13.4. The van der Waals surface area contributed by atoms with E-state index >= 15 is 0 Å². The lowest BCUT2D eigenvalue weighted by atomic mass is 9.92. The molecule has 0 spiro atoms. The highest BCUT2D eigenvalue weighted by molar-refractivity contribution is 5.89. The Hall–Kier alpha value is -0.630. The van der Waals surface area contributed by atoms with E-state index in [2.05, 4.69) is 25.3 Å². The van der Waals surface area contributed by atoms with Crippen LogP contribution >= 0.6 is 0 Å². The lowest BCUT2D eigenvalue weighted by molar-refractivity contribution is -0.128. The van der Waals surface area contributed by atoms with E-state index in [0.717, 1.165) is 18.7 Å². The van der Waals surface area contributed by atoms with Gasteiger partial charge in [0.2, 0.25) is 0 Å². The molecule has 1 heterocycles. The summed E-state index contributed by atoms with van der Waals surface area (Å²) in [5.74, 6) is 0.307. The molecule has 2 heteroatoms. The van der Waals surface area contributed by atoms with E-state index in [-0.39, 0.29) is 5.54 Å². The minimum Gasteiger partial charge on any atom is -0.297 e. The zero-order valence-corrected chi connectivity index (χ0v) is 11.0. The average molecular weight is 223 g/mol. The number of nitrogens with zero attached hydrogens (tertiary/aromatic N) is 1. The van der Waals surface area contributed by atoms with Crippen LogP contribution < -0.4 is 0 Å². The number of hydrogen-bond acceptors (Lipinski definition) is 2. The van der Waals surface area contributed by atoms with Crippen molar-refractivity contribution in [3.63, 3.8) is 0 Å². The van der Waals surface area contributed by atoms with Crippen LogP contribution in [0.25, 0.3) is 0 Å². The maximum Gasteiger partial charge on any atom is 0.156 e. The Bertz CT molecular complexity index is 260. The first-order chi connectivity index (χ1) is 7.44. The Balaban J connectivity index is 2.66. The molecule has 1 saturated heterocycles. The largest absolute Gasteiger partial charge is 0.297 e. The van der Waals surface area contributed by atoms with Gasteiger partial charge in [-0.2, -0.15) is 0 Å². The van der Waals surface area contributed by atoms with Gasteiger partial charge in [0.05, 0.1) is 5.54 Å². The quantitative estimate of drug-likeness (QED) is 0.682. The molecule has 0 aromatic rings. The van der Waals surface area contributed by atoms with E-state index in [1.54, 1.807) is 0 Å². The van der Waals surface area contributed by atoms with Gasteiger partial charge in [-0.05, 0) is 46.7 Å². The lowest BCUT2D eigenvalue weighted by Crippen LogP contribution is -2.50. The molecule has 0 aliphatic carbocycles. The highest BCUT2D eigenvalue weighted by Gasteiger charge is 2.33. The Morgan fingerprint density at radius 1 is 1.19 bits per heavy atom. The summed E-state index contributed by atoms with van der Waals surface area (Å²) in [5.41, 5.74) is 0.649. The summed E-state index contributed by atoms with van der Waals surface area (Å²) in [5, 5.41) is 0. The molecule has 0 N–H and O–H groups in total. The molecular formula is C14H25NO. The Labute approximate surface area is 99.7 Å². The van der Waals surface area contributed by atoms with E-state index in [4.69, 9.17) is 0 Å². The average Bonchev–Trinajstić information content (AvgIpc) is 2.44. The van der Waals surface area contributed by atoms with Crippen LogP contribution in [0.1, 0.15) is 52.9 Å². The molecule has 0 unspecified atom stereocenters. The van der Waals surface area contributed by atoms with Crippen LogP contribution in [-0.2, 0) is 4.79 Å². The molecule has 1 aliphatic heterocycles. The van der Waals surface area contributed by atoms with E-state index in [1.807, 2.05) is 6.92 Å². The van der Waals surface area contributed by atoms with Crippen molar-refractivity contribution in [1.29, 1.82) is 0 Å². The predicted octanol–water partition coefficient (Wildman–Crippen LogP) is 3.18. The van der Waals surface area contributed by atoms with Gasteiger partial charge in [-0.3, -0.25) is 9.69 Å². The third kappa shape index (κ3) is 3.44. The summed E-state index contributed by atoms with van der Waals surface area (Å²) in [4.78, 5) is 14.5. The fourth-order valence-corrected chi connectivity index (χ4v) is 2.30. The van der Waals surface area contributed by atoms with Crippen molar-refractivity contribution < 1.29 is 4.79 Å². The molecule has 16 heavy (non-hydrogen) atoms. The highest BCUT2D eigenvalue weighted by atomic mass is 16.1. The third-order valence-corrected chi connectivity index (χ3v) is 3.54. The molecular weight excluding hydrogens is 198 g/mol. The minimum atomic E-state index is -0.316. The second kappa shape index (κ2) is 5.62. The van der Waals surface area contributed by atoms with Crippen LogP contribution in [0.5, 0.6) is 0 Å². The third-order valence-electron chi connectivity index (χ3n) is 3.54. The van der Waals surface area contributed by atoms with Crippen LogP contribution in [-0.4, -0.2) is 29.3 Å². The molecule has 92 valence electrons. The molecule has 0 amide bonds. The van der Waals surface area contributed by atoms with E-state index in [9.17, 15) is 4.79 Å². The maximum atomic E-state index is 12.2. The summed E-state index contributed by atoms with van der Waals surface area (Å²) in [6.07, 6.45) is 5.58. The monoisotopic (exact) mass is 223 g/mol. The number of Topliss-reactive ketones (excluding diaryl/α,β-unsaturated/α-hetero) is 1. The Kier molecular flexibility index (Phi) is 4.72. The van der Waals surface area contributed by atoms with Crippen LogP contribution in [0.2, 0.25) is 0 Å². The number of likely N-dealkylation sites (tertiary alicyclic amines) is 1. The highest BCUT2D eigenvalue weighted by Crippen LogP contribution is 2.23. The van der Waals surface area contributed by atoms with Crippen molar-refractivity contribution in [2.24, 2.45) is 0 Å². The predicted molar refractivity (Wildman–Crippen MR) is 68.6 cm³/mol. The van der Waals surface area contributed by atoms with Gasteiger partial charge in [-0.25, -0.2) is 0 Å². The van der Waals surface area contributed by atoms with Crippen LogP contribution in [0.15, 0.2) is 12.2 Å². The van der Waals surface area contributed by atoms with Gasteiger partial charge >= 0.3 is 0 Å². The first-order valence-electron chi connectivity index (χ1n) is 6.37. The molecule has 0 aromatic heterocycles. The first-order valence-corrected chi connectivity index (χ1v) is 6.37. The fourth-order valence-electron chi connectivity index (χ4n) is 2.30. The van der Waals surface area contributed by atoms with Crippen molar-refractivity contribution in [2.45, 2.75) is 58.4 Å². The summed E-state index contributed by atoms with van der Waals surface area (Å²) in [6, 6.07) is 0. The summed E-state index contributed by atoms with van der Waals surface area (Å²) in [7, 11) is 0. The topological polar surface area (TPSA) is 20.3 Å². The van der Waals surface area contributed by atoms with Gasteiger partial charge in [0.1, 0.15) is 0 Å². The van der Waals surface area contributed by atoms with Crippen molar-refractivity contribution in [3.05, 3.63) is 12.2 Å². The van der Waals surface area contributed by atoms with Crippen LogP contribution in [0, 0.1) is 0 Å². The molecule has 1 fully saturated rings. The lowest BCUT2D eigenvalue weighted by Gasteiger charge is -2.36. The summed E-state index contributed by atoms with van der Waals surface area (Å²) < 4.78 is 0. The molecule has 0 bridgehead atoms. The second-order valence-electron chi connectivity index (χ2n) is 5.52. The Morgan fingerprint density at radius 2 is 1.69 bits per heavy atom. The fraction of sp³-hybridized carbons (Fsp3) is 0.786. The number of rotatable bonds is 4. The molecule has 0 atom stereocenters. The summed E-state index contributed by atoms with van der Waals surface area (Å²) >= 11 is 0. The molecule has 0 radical (unpaired) electrons. The van der Waals surface area contributed by atoms with E-state index in [0.29, 0.717) is 12.2 Å². The van der Waals surface area contributed by atoms with Crippen molar-refractivity contribution in [1.82, 2.24) is 4.90 Å². The molecule has 2 nitrogen and oxygen atoms in total. The normalized spacial score (nSPS) is 19.2. The van der Waals surface area contributed by atoms with Crippen molar-refractivity contribution in [3.8, 4) is 0 Å².